The Morgan fingerprint density at radius 3 is 2.84 bits per heavy atom. The summed E-state index contributed by atoms with van der Waals surface area (Å²) in [5.74, 6) is -0.0839. The zero-order chi connectivity index (χ0) is 13.9. The second-order valence-electron chi connectivity index (χ2n) is 5.27. The van der Waals surface area contributed by atoms with Gasteiger partial charge in [-0.2, -0.15) is 0 Å². The number of unbranched alkanes of at least 4 members (excludes halogenated alkanes) is 1. The molecule has 0 bridgehead atoms. The van der Waals surface area contributed by atoms with Crippen LogP contribution in [0.3, 0.4) is 0 Å². The van der Waals surface area contributed by atoms with Crippen LogP contribution in [0.1, 0.15) is 38.2 Å². The third-order valence-corrected chi connectivity index (χ3v) is 4.12. The predicted octanol–water partition coefficient (Wildman–Crippen LogP) is 3.59. The molecule has 1 aromatic carbocycles. The Labute approximate surface area is 119 Å². The number of halogens is 1. The molecule has 1 fully saturated rings. The Bertz CT molecular complexity index is 469. The highest BCUT2D eigenvalue weighted by molar-refractivity contribution is 6.33. The van der Waals surface area contributed by atoms with Crippen molar-refractivity contribution in [2.75, 3.05) is 12.3 Å². The zero-order valence-corrected chi connectivity index (χ0v) is 12.0. The highest BCUT2D eigenvalue weighted by atomic mass is 35.5. The van der Waals surface area contributed by atoms with Gasteiger partial charge in [0, 0.05) is 0 Å². The molecular formula is C15H20ClNO2. The quantitative estimate of drug-likeness (QED) is 0.492. The van der Waals surface area contributed by atoms with Gasteiger partial charge in [0.25, 0.3) is 0 Å². The first kappa shape index (κ1) is 14.2. The predicted molar refractivity (Wildman–Crippen MR) is 77.1 cm³/mol. The molecule has 1 saturated carbocycles. The molecule has 1 aliphatic carbocycles. The fraction of sp³-hybridized carbons (Fsp3) is 0.533. The number of anilines is 1. The van der Waals surface area contributed by atoms with Crippen LogP contribution in [0, 0.1) is 5.41 Å². The Kier molecular flexibility index (Phi) is 4.35. The average Bonchev–Trinajstić information content (AvgIpc) is 3.16. The highest BCUT2D eigenvalue weighted by Gasteiger charge is 2.51. The van der Waals surface area contributed by atoms with E-state index < -0.39 is 0 Å². The molecule has 0 amide bonds. The first-order valence-electron chi connectivity index (χ1n) is 6.79. The molecule has 0 unspecified atom stereocenters. The van der Waals surface area contributed by atoms with Gasteiger partial charge < -0.3 is 10.5 Å². The van der Waals surface area contributed by atoms with Gasteiger partial charge >= 0.3 is 5.97 Å². The third-order valence-electron chi connectivity index (χ3n) is 3.66. The lowest BCUT2D eigenvalue weighted by molar-refractivity contribution is -0.150. The molecule has 0 radical (unpaired) electrons. The summed E-state index contributed by atoms with van der Waals surface area (Å²) in [5, 5.41) is 0.565. The summed E-state index contributed by atoms with van der Waals surface area (Å²) in [4.78, 5) is 12.1. The van der Waals surface area contributed by atoms with E-state index in [2.05, 4.69) is 6.92 Å². The number of nitrogens with two attached hydrogens (primary N) is 1. The van der Waals surface area contributed by atoms with Gasteiger partial charge in [0.05, 0.1) is 22.7 Å². The summed E-state index contributed by atoms with van der Waals surface area (Å²) < 4.78 is 5.34. The van der Waals surface area contributed by atoms with Crippen LogP contribution in [0.15, 0.2) is 18.2 Å². The van der Waals surface area contributed by atoms with Crippen molar-refractivity contribution in [3.63, 3.8) is 0 Å². The lowest BCUT2D eigenvalue weighted by atomic mass is 9.96. The average molecular weight is 282 g/mol. The third kappa shape index (κ3) is 3.21. The van der Waals surface area contributed by atoms with E-state index >= 15 is 0 Å². The molecule has 0 aromatic heterocycles. The second kappa shape index (κ2) is 5.83. The molecule has 0 saturated heterocycles. The molecule has 1 aromatic rings. The largest absolute Gasteiger partial charge is 0.465 e. The van der Waals surface area contributed by atoms with Crippen LogP contribution in [-0.4, -0.2) is 12.6 Å². The molecule has 2 N–H and O–H groups in total. The second-order valence-corrected chi connectivity index (χ2v) is 5.64. The molecule has 0 aliphatic heterocycles. The minimum atomic E-state index is -0.356. The summed E-state index contributed by atoms with van der Waals surface area (Å²) in [6, 6.07) is 5.57. The highest BCUT2D eigenvalue weighted by Crippen LogP contribution is 2.50. The lowest BCUT2D eigenvalue weighted by Gasteiger charge is -2.15. The van der Waals surface area contributed by atoms with Gasteiger partial charge in [0.15, 0.2) is 0 Å². The van der Waals surface area contributed by atoms with Crippen molar-refractivity contribution in [1.29, 1.82) is 0 Å². The molecule has 19 heavy (non-hydrogen) atoms. The molecule has 4 heteroatoms. The van der Waals surface area contributed by atoms with E-state index in [0.29, 0.717) is 23.7 Å². The summed E-state index contributed by atoms with van der Waals surface area (Å²) in [7, 11) is 0. The van der Waals surface area contributed by atoms with Crippen molar-refractivity contribution >= 4 is 23.3 Å². The maximum atomic E-state index is 12.1. The summed E-state index contributed by atoms with van der Waals surface area (Å²) >= 11 is 6.18. The first-order chi connectivity index (χ1) is 9.09. The SMILES string of the molecule is CCCCOC(=O)C1(Cc2cccc(N)c2Cl)CC1. The monoisotopic (exact) mass is 281 g/mol. The molecule has 0 spiro atoms. The maximum absolute atomic E-state index is 12.1. The van der Waals surface area contributed by atoms with Crippen molar-refractivity contribution in [2.45, 2.75) is 39.0 Å². The van der Waals surface area contributed by atoms with Gasteiger partial charge in [-0.05, 0) is 37.3 Å². The Morgan fingerprint density at radius 1 is 1.47 bits per heavy atom. The van der Waals surface area contributed by atoms with E-state index in [9.17, 15) is 4.79 Å². The Balaban J connectivity index is 2.01. The van der Waals surface area contributed by atoms with Crippen molar-refractivity contribution in [1.82, 2.24) is 0 Å². The topological polar surface area (TPSA) is 52.3 Å². The van der Waals surface area contributed by atoms with E-state index in [-0.39, 0.29) is 11.4 Å². The van der Waals surface area contributed by atoms with Crippen LogP contribution >= 0.6 is 11.6 Å². The molecule has 1 aliphatic rings. The van der Waals surface area contributed by atoms with E-state index in [1.54, 1.807) is 6.07 Å². The van der Waals surface area contributed by atoms with E-state index in [0.717, 1.165) is 31.2 Å². The number of hydrogen-bond acceptors (Lipinski definition) is 3. The number of rotatable bonds is 6. The summed E-state index contributed by atoms with van der Waals surface area (Å²) in [6.07, 6.45) is 4.33. The van der Waals surface area contributed by atoms with Crippen molar-refractivity contribution in [3.05, 3.63) is 28.8 Å². The number of hydrogen-bond donors (Lipinski definition) is 1. The van der Waals surface area contributed by atoms with Gasteiger partial charge in [0.1, 0.15) is 0 Å². The minimum Gasteiger partial charge on any atom is -0.465 e. The Hall–Kier alpha value is -1.22. The van der Waals surface area contributed by atoms with Gasteiger partial charge in [-0.3, -0.25) is 4.79 Å². The maximum Gasteiger partial charge on any atom is 0.312 e. The normalized spacial score (nSPS) is 16.1. The standard InChI is InChI=1S/C15H20ClNO2/c1-2-3-9-19-14(18)15(7-8-15)10-11-5-4-6-12(17)13(11)16/h4-6H,2-3,7-10,17H2,1H3. The number of esters is 1. The number of ether oxygens (including phenoxy) is 1. The fourth-order valence-electron chi connectivity index (χ4n) is 2.17. The number of nitrogen functional groups attached to an aromatic ring is 1. The number of carbonyl (C=O) groups excluding carboxylic acids is 1. The van der Waals surface area contributed by atoms with E-state index in [1.165, 1.54) is 0 Å². The summed E-state index contributed by atoms with van der Waals surface area (Å²) in [6.45, 7) is 2.59. The summed E-state index contributed by atoms with van der Waals surface area (Å²) in [5.41, 5.74) is 6.93. The van der Waals surface area contributed by atoms with Crippen molar-refractivity contribution in [3.8, 4) is 0 Å². The van der Waals surface area contributed by atoms with Gasteiger partial charge in [-0.15, -0.1) is 0 Å². The van der Waals surface area contributed by atoms with Crippen LogP contribution in [0.4, 0.5) is 5.69 Å². The van der Waals surface area contributed by atoms with Gasteiger partial charge in [-0.25, -0.2) is 0 Å². The first-order valence-corrected chi connectivity index (χ1v) is 7.17. The molecule has 3 nitrogen and oxygen atoms in total. The lowest BCUT2D eigenvalue weighted by Crippen LogP contribution is -2.22. The molecule has 0 atom stereocenters. The fourth-order valence-corrected chi connectivity index (χ4v) is 2.36. The molecule has 104 valence electrons. The van der Waals surface area contributed by atoms with Crippen molar-refractivity contribution in [2.24, 2.45) is 5.41 Å². The van der Waals surface area contributed by atoms with Gasteiger partial charge in [-0.1, -0.05) is 37.1 Å². The van der Waals surface area contributed by atoms with E-state index in [4.69, 9.17) is 22.1 Å². The van der Waals surface area contributed by atoms with Crippen LogP contribution in [0.25, 0.3) is 0 Å². The van der Waals surface area contributed by atoms with Crippen molar-refractivity contribution < 1.29 is 9.53 Å². The Morgan fingerprint density at radius 2 is 2.21 bits per heavy atom. The zero-order valence-electron chi connectivity index (χ0n) is 11.2. The molecule has 0 heterocycles. The number of benzene rings is 1. The molecule has 2 rings (SSSR count). The molecular weight excluding hydrogens is 262 g/mol. The van der Waals surface area contributed by atoms with Crippen LogP contribution in [-0.2, 0) is 16.0 Å². The van der Waals surface area contributed by atoms with Crippen LogP contribution in [0.5, 0.6) is 0 Å². The van der Waals surface area contributed by atoms with Crippen LogP contribution < -0.4 is 5.73 Å². The van der Waals surface area contributed by atoms with Crippen LogP contribution in [0.2, 0.25) is 5.02 Å². The number of carbonyl (C=O) groups is 1. The van der Waals surface area contributed by atoms with E-state index in [1.807, 2.05) is 12.1 Å². The smallest absolute Gasteiger partial charge is 0.312 e. The minimum absolute atomic E-state index is 0.0839. The van der Waals surface area contributed by atoms with Gasteiger partial charge in [0.2, 0.25) is 0 Å².